The second-order valence-electron chi connectivity index (χ2n) is 19.4. The number of aromatic nitrogens is 4. The van der Waals surface area contributed by atoms with Gasteiger partial charge in [-0.25, -0.2) is 4.98 Å². The zero-order valence-corrected chi connectivity index (χ0v) is 40.5. The van der Waals surface area contributed by atoms with Gasteiger partial charge in [-0.05, 0) is 109 Å². The first-order valence-corrected chi connectivity index (χ1v) is 23.3. The van der Waals surface area contributed by atoms with Crippen LogP contribution >= 0.6 is 0 Å². The van der Waals surface area contributed by atoms with Gasteiger partial charge in [-0.3, -0.25) is 4.57 Å². The van der Waals surface area contributed by atoms with Gasteiger partial charge in [0.25, 0.3) is 6.33 Å². The molecule has 3 aromatic heterocycles. The molecule has 0 fully saturated rings. The standard InChI is InChI=1S/C62H46N4O.Pt/c1-61(2)33-34-62(3,4)54-36-40(29-32-53(54)61)44-25-15-35-63-60(44)66-56-27-12-10-23-50(56)51-31-30-43(38-58(51)66)67-42-17-13-16-41(37-42)64-39-65-55-26-11-9-22-49(55)47-20-7-5-18-45(47)46-19-6-8-21-48(46)52-24-14-28-57(64)59(52)65;/h5-32,35-36H,33-34H2,1-4H3;/q-2;. The van der Waals surface area contributed by atoms with Gasteiger partial charge < -0.3 is 13.9 Å². The first kappa shape index (κ1) is 42.1. The fourth-order valence-electron chi connectivity index (χ4n) is 11.0. The fourth-order valence-corrected chi connectivity index (χ4v) is 11.0. The number of fused-ring (bicyclic) bond motifs is 11. The Labute approximate surface area is 411 Å². The van der Waals surface area contributed by atoms with E-state index in [2.05, 4.69) is 212 Å². The third-order valence-electron chi connectivity index (χ3n) is 14.5. The maximum absolute atomic E-state index is 6.76. The Hall–Kier alpha value is -7.33. The van der Waals surface area contributed by atoms with Crippen LogP contribution in [-0.4, -0.2) is 14.1 Å². The predicted octanol–water partition coefficient (Wildman–Crippen LogP) is 14.9. The summed E-state index contributed by atoms with van der Waals surface area (Å²) in [7, 11) is 0. The van der Waals surface area contributed by atoms with E-state index in [-0.39, 0.29) is 31.9 Å². The first-order chi connectivity index (χ1) is 32.7. The summed E-state index contributed by atoms with van der Waals surface area (Å²) in [6, 6.07) is 70.0. The molecule has 11 aromatic rings. The van der Waals surface area contributed by atoms with Gasteiger partial charge in [0.15, 0.2) is 0 Å². The normalized spacial score (nSPS) is 14.2. The van der Waals surface area contributed by atoms with E-state index in [0.717, 1.165) is 78.7 Å². The van der Waals surface area contributed by atoms with Crippen LogP contribution < -0.4 is 9.30 Å². The summed E-state index contributed by atoms with van der Waals surface area (Å²) < 4.78 is 13.3. The van der Waals surface area contributed by atoms with Crippen LogP contribution in [0.2, 0.25) is 0 Å². The van der Waals surface area contributed by atoms with E-state index in [1.54, 1.807) is 0 Å². The maximum Gasteiger partial charge on any atom is 0.268 e. The van der Waals surface area contributed by atoms with Crippen molar-refractivity contribution in [1.82, 2.24) is 14.1 Å². The Morgan fingerprint density at radius 1 is 0.529 bits per heavy atom. The van der Waals surface area contributed by atoms with E-state index in [0.29, 0.717) is 11.5 Å². The van der Waals surface area contributed by atoms with E-state index < -0.39 is 0 Å². The molecule has 68 heavy (non-hydrogen) atoms. The van der Waals surface area contributed by atoms with Crippen LogP contribution in [0.5, 0.6) is 11.5 Å². The number of ether oxygens (including phenoxy) is 1. The van der Waals surface area contributed by atoms with Crippen LogP contribution in [-0.2, 0) is 31.9 Å². The third-order valence-corrected chi connectivity index (χ3v) is 14.5. The van der Waals surface area contributed by atoms with E-state index in [4.69, 9.17) is 9.72 Å². The van der Waals surface area contributed by atoms with E-state index in [9.17, 15) is 0 Å². The fraction of sp³-hybridized carbons (Fsp3) is 0.129. The summed E-state index contributed by atoms with van der Waals surface area (Å²) in [4.78, 5) is 5.12. The number of para-hydroxylation sites is 3. The van der Waals surface area contributed by atoms with Gasteiger partial charge in [-0.15, -0.1) is 29.7 Å². The monoisotopic (exact) mass is 1060 g/mol. The topological polar surface area (TPSA) is 35.9 Å². The van der Waals surface area contributed by atoms with Crippen molar-refractivity contribution in [3.05, 3.63) is 212 Å². The first-order valence-electron chi connectivity index (χ1n) is 23.3. The van der Waals surface area contributed by atoms with Crippen LogP contribution in [0.15, 0.2) is 182 Å². The number of hydrogen-bond acceptors (Lipinski definition) is 2. The molecule has 1 aliphatic carbocycles. The molecule has 0 spiro atoms. The van der Waals surface area contributed by atoms with Crippen LogP contribution in [0, 0.1) is 18.5 Å². The van der Waals surface area contributed by atoms with Crippen molar-refractivity contribution >= 4 is 32.8 Å². The minimum atomic E-state index is 0. The molecule has 0 atom stereocenters. The van der Waals surface area contributed by atoms with Crippen molar-refractivity contribution in [3.63, 3.8) is 0 Å². The van der Waals surface area contributed by atoms with E-state index in [1.165, 1.54) is 39.8 Å². The summed E-state index contributed by atoms with van der Waals surface area (Å²) in [5.41, 5.74) is 18.3. The Morgan fingerprint density at radius 3 is 1.94 bits per heavy atom. The molecule has 0 unspecified atom stereocenters. The number of imidazole rings is 1. The van der Waals surface area contributed by atoms with Crippen molar-refractivity contribution < 1.29 is 30.4 Å². The van der Waals surface area contributed by atoms with Crippen LogP contribution in [0.4, 0.5) is 0 Å². The number of nitrogens with zero attached hydrogens (tertiary/aromatic N) is 4. The average Bonchev–Trinajstić information content (AvgIpc) is 3.92. The molecule has 2 aliphatic rings. The van der Waals surface area contributed by atoms with Crippen molar-refractivity contribution in [2.24, 2.45) is 0 Å². The van der Waals surface area contributed by atoms with Crippen molar-refractivity contribution in [3.8, 4) is 73.2 Å². The van der Waals surface area contributed by atoms with Gasteiger partial charge in [0, 0.05) is 49.8 Å². The summed E-state index contributed by atoms with van der Waals surface area (Å²) >= 11 is 0. The zero-order valence-electron chi connectivity index (χ0n) is 38.2. The molecular formula is C62H46N4OPt-2. The van der Waals surface area contributed by atoms with Crippen LogP contribution in [0.25, 0.3) is 94.5 Å². The average molecular weight is 1060 g/mol. The molecule has 0 saturated carbocycles. The Bertz CT molecular complexity index is 3820. The minimum Gasteiger partial charge on any atom is -0.510 e. The molecule has 6 heteroatoms. The van der Waals surface area contributed by atoms with Crippen LogP contribution in [0.3, 0.4) is 0 Å². The van der Waals surface area contributed by atoms with Crippen molar-refractivity contribution in [1.29, 1.82) is 0 Å². The number of benzene rings is 8. The molecule has 4 heterocycles. The molecule has 0 saturated heterocycles. The molecule has 13 rings (SSSR count). The Morgan fingerprint density at radius 2 is 1.15 bits per heavy atom. The smallest absolute Gasteiger partial charge is 0.268 e. The molecule has 0 N–H and O–H groups in total. The molecule has 0 amide bonds. The zero-order chi connectivity index (χ0) is 45.0. The summed E-state index contributed by atoms with van der Waals surface area (Å²) in [6.07, 6.45) is 8.01. The van der Waals surface area contributed by atoms with Gasteiger partial charge in [0.05, 0.1) is 16.7 Å². The van der Waals surface area contributed by atoms with Gasteiger partial charge in [0.1, 0.15) is 5.82 Å². The SMILES string of the molecule is CC1(C)CCC(C)(C)c2cc(-c3cccnc3-n3c4[c-]c(Oc5[c-]c(-n6[c-][n+]7c8c(cccc86)-c6ccccc6-c6ccccc6-c6ccccc6-7)ccc5)ccc4c4ccccc43)ccc21.[Pt]. The minimum absolute atomic E-state index is 0. The van der Waals surface area contributed by atoms with Gasteiger partial charge in [0.2, 0.25) is 0 Å². The largest absolute Gasteiger partial charge is 0.510 e. The summed E-state index contributed by atoms with van der Waals surface area (Å²) in [5, 5.41) is 2.21. The molecular weight excluding hydrogens is 1010 g/mol. The second-order valence-corrected chi connectivity index (χ2v) is 19.4. The van der Waals surface area contributed by atoms with Crippen molar-refractivity contribution in [2.45, 2.75) is 51.4 Å². The van der Waals surface area contributed by atoms with E-state index >= 15 is 0 Å². The van der Waals surface area contributed by atoms with Gasteiger partial charge in [-0.2, -0.15) is 18.2 Å². The molecule has 5 nitrogen and oxygen atoms in total. The number of hydrogen-bond donors (Lipinski definition) is 0. The van der Waals surface area contributed by atoms with Gasteiger partial charge in [-0.1, -0.05) is 155 Å². The quantitative estimate of drug-likeness (QED) is 0.127. The van der Waals surface area contributed by atoms with Crippen molar-refractivity contribution in [2.75, 3.05) is 0 Å². The summed E-state index contributed by atoms with van der Waals surface area (Å²) in [5.74, 6) is 2.02. The summed E-state index contributed by atoms with van der Waals surface area (Å²) in [6.45, 7) is 9.53. The second kappa shape index (κ2) is 15.9. The molecule has 1 aliphatic heterocycles. The van der Waals surface area contributed by atoms with Gasteiger partial charge >= 0.3 is 0 Å². The van der Waals surface area contributed by atoms with E-state index in [1.807, 2.05) is 30.5 Å². The maximum atomic E-state index is 6.76. The predicted molar refractivity (Wildman–Crippen MR) is 271 cm³/mol. The molecule has 8 aromatic carbocycles. The third kappa shape index (κ3) is 6.54. The number of pyridine rings is 1. The molecule has 0 bridgehead atoms. The Kier molecular flexibility index (Phi) is 9.83. The van der Waals surface area contributed by atoms with Crippen LogP contribution in [0.1, 0.15) is 51.7 Å². The molecule has 332 valence electrons. The number of rotatable bonds is 5. The molecule has 0 radical (unpaired) electrons. The Balaban J connectivity index is 0.00000480.